The third kappa shape index (κ3) is 3.49. The normalized spacial score (nSPS) is 20.7. The summed E-state index contributed by atoms with van der Waals surface area (Å²) < 4.78 is 33.5. The smallest absolute Gasteiger partial charge is 0.409 e. The van der Waals surface area contributed by atoms with E-state index in [1.165, 1.54) is 19.4 Å². The van der Waals surface area contributed by atoms with Crippen molar-refractivity contribution < 1.29 is 23.4 Å². The van der Waals surface area contributed by atoms with E-state index < -0.39 is 12.5 Å². The van der Waals surface area contributed by atoms with E-state index in [1.807, 2.05) is 4.68 Å². The van der Waals surface area contributed by atoms with Gasteiger partial charge in [-0.3, -0.25) is 4.68 Å². The van der Waals surface area contributed by atoms with Crippen molar-refractivity contribution in [2.45, 2.75) is 51.3 Å². The number of methoxy groups -OCH3 is 1. The lowest BCUT2D eigenvalue weighted by Crippen LogP contribution is -2.38. The fourth-order valence-electron chi connectivity index (χ4n) is 4.10. The Morgan fingerprint density at radius 3 is 2.77 bits per heavy atom. The number of aromatic nitrogens is 3. The average Bonchev–Trinajstić information content (AvgIpc) is 3.08. The van der Waals surface area contributed by atoms with Crippen LogP contribution in [0.25, 0.3) is 0 Å². The van der Waals surface area contributed by atoms with Crippen molar-refractivity contribution in [3.05, 3.63) is 34.6 Å². The van der Waals surface area contributed by atoms with Gasteiger partial charge in [0, 0.05) is 43.0 Å². The maximum Gasteiger partial charge on any atom is 0.409 e. The lowest BCUT2D eigenvalue weighted by molar-refractivity contribution is 0.0417. The van der Waals surface area contributed by atoms with Crippen LogP contribution in [0.15, 0.2) is 12.3 Å². The Labute approximate surface area is 173 Å². The van der Waals surface area contributed by atoms with Crippen LogP contribution in [-0.2, 0) is 17.7 Å². The van der Waals surface area contributed by atoms with Crippen molar-refractivity contribution in [2.75, 3.05) is 25.6 Å². The largest absolute Gasteiger partial charge is 0.453 e. The summed E-state index contributed by atoms with van der Waals surface area (Å²) in [7, 11) is 3.07. The first-order chi connectivity index (χ1) is 14.3. The number of hydrogen-bond donors (Lipinski definition) is 1. The highest BCUT2D eigenvalue weighted by Gasteiger charge is 2.36. The predicted molar refractivity (Wildman–Crippen MR) is 105 cm³/mol. The van der Waals surface area contributed by atoms with Crippen molar-refractivity contribution in [1.29, 1.82) is 0 Å². The number of carbonyl (C=O) groups excluding carboxylic acids is 1. The van der Waals surface area contributed by atoms with Crippen LogP contribution in [0.5, 0.6) is 0 Å². The summed E-state index contributed by atoms with van der Waals surface area (Å²) in [4.78, 5) is 19.7. The van der Waals surface area contributed by atoms with Crippen molar-refractivity contribution in [2.24, 2.45) is 0 Å². The second-order valence-corrected chi connectivity index (χ2v) is 7.87. The highest BCUT2D eigenvalue weighted by molar-refractivity contribution is 5.69. The molecule has 1 aliphatic carbocycles. The van der Waals surface area contributed by atoms with Gasteiger partial charge in [0.15, 0.2) is 5.82 Å². The first-order valence-corrected chi connectivity index (χ1v) is 9.89. The standard InChI is InChI=1S/C20H25F2N5O3/c1-11-9-23-17(8-14(11)18(21)22)25(2)19-15-10-26(20(29)30-3)5-4-16(15)27(24-19)12-6-13(28)7-12/h8-9,12-13,18,28H,4-7,10H2,1-3H3. The zero-order valence-electron chi connectivity index (χ0n) is 17.2. The molecule has 0 saturated heterocycles. The molecule has 2 aromatic heterocycles. The van der Waals surface area contributed by atoms with E-state index in [1.54, 1.807) is 23.8 Å². The lowest BCUT2D eigenvalue weighted by atomic mass is 9.89. The number of aliphatic hydroxyl groups excluding tert-OH is 1. The summed E-state index contributed by atoms with van der Waals surface area (Å²) in [6, 6.07) is 1.46. The molecule has 0 radical (unpaired) electrons. The van der Waals surface area contributed by atoms with E-state index in [2.05, 4.69) is 4.98 Å². The molecule has 0 spiro atoms. The van der Waals surface area contributed by atoms with Crippen LogP contribution in [0, 0.1) is 6.92 Å². The first kappa shape index (κ1) is 20.5. The molecule has 2 aromatic rings. The van der Waals surface area contributed by atoms with Gasteiger partial charge < -0.3 is 19.6 Å². The Kier molecular flexibility index (Phi) is 5.35. The Balaban J connectivity index is 1.74. The maximum atomic E-state index is 13.4. The zero-order chi connectivity index (χ0) is 21.6. The second kappa shape index (κ2) is 7.82. The molecule has 30 heavy (non-hydrogen) atoms. The number of halogens is 2. The molecule has 0 unspecified atom stereocenters. The van der Waals surface area contributed by atoms with E-state index in [0.717, 1.165) is 11.3 Å². The molecule has 10 heteroatoms. The van der Waals surface area contributed by atoms with Gasteiger partial charge in [0.25, 0.3) is 6.43 Å². The molecule has 0 atom stereocenters. The number of pyridine rings is 1. The van der Waals surface area contributed by atoms with Crippen molar-refractivity contribution >= 4 is 17.7 Å². The minimum absolute atomic E-state index is 0.0709. The lowest BCUT2D eigenvalue weighted by Gasteiger charge is -2.34. The van der Waals surface area contributed by atoms with Crippen LogP contribution in [-0.4, -0.2) is 57.7 Å². The number of amides is 1. The molecular formula is C20H25F2N5O3. The van der Waals surface area contributed by atoms with Gasteiger partial charge in [0.05, 0.1) is 25.8 Å². The van der Waals surface area contributed by atoms with Crippen LogP contribution >= 0.6 is 0 Å². The van der Waals surface area contributed by atoms with Gasteiger partial charge in [-0.15, -0.1) is 0 Å². The Morgan fingerprint density at radius 2 is 2.13 bits per heavy atom. The number of carbonyl (C=O) groups is 1. The third-order valence-corrected chi connectivity index (χ3v) is 5.96. The number of ether oxygens (including phenoxy) is 1. The van der Waals surface area contributed by atoms with E-state index >= 15 is 0 Å². The molecule has 4 rings (SSSR count). The molecule has 1 fully saturated rings. The number of nitrogens with zero attached hydrogens (tertiary/aromatic N) is 5. The summed E-state index contributed by atoms with van der Waals surface area (Å²) in [6.07, 6.45) is -0.0839. The highest BCUT2D eigenvalue weighted by atomic mass is 19.3. The Hall–Kier alpha value is -2.75. The van der Waals surface area contributed by atoms with Crippen LogP contribution in [0.4, 0.5) is 25.2 Å². The molecule has 1 amide bonds. The molecule has 0 aromatic carbocycles. The fraction of sp³-hybridized carbons (Fsp3) is 0.550. The molecule has 162 valence electrons. The molecule has 1 saturated carbocycles. The van der Waals surface area contributed by atoms with E-state index in [-0.39, 0.29) is 17.7 Å². The van der Waals surface area contributed by atoms with Gasteiger partial charge in [0.1, 0.15) is 5.82 Å². The topological polar surface area (TPSA) is 83.7 Å². The molecule has 1 N–H and O–H groups in total. The minimum atomic E-state index is -2.60. The summed E-state index contributed by atoms with van der Waals surface area (Å²) in [5.41, 5.74) is 2.19. The third-order valence-electron chi connectivity index (χ3n) is 5.96. The van der Waals surface area contributed by atoms with Gasteiger partial charge in [-0.25, -0.2) is 18.6 Å². The highest BCUT2D eigenvalue weighted by Crippen LogP contribution is 2.39. The number of aryl methyl sites for hydroxylation is 1. The van der Waals surface area contributed by atoms with Gasteiger partial charge in [-0.05, 0) is 31.4 Å². The number of anilines is 2. The summed E-state index contributed by atoms with van der Waals surface area (Å²) >= 11 is 0. The Morgan fingerprint density at radius 1 is 1.40 bits per heavy atom. The molecule has 0 bridgehead atoms. The summed E-state index contributed by atoms with van der Waals surface area (Å²) in [5.74, 6) is 0.920. The van der Waals surface area contributed by atoms with Gasteiger partial charge in [-0.1, -0.05) is 0 Å². The van der Waals surface area contributed by atoms with Gasteiger partial charge in [-0.2, -0.15) is 5.10 Å². The van der Waals surface area contributed by atoms with Crippen LogP contribution in [0.2, 0.25) is 0 Å². The van der Waals surface area contributed by atoms with Crippen molar-refractivity contribution in [1.82, 2.24) is 19.7 Å². The maximum absolute atomic E-state index is 13.4. The van der Waals surface area contributed by atoms with Crippen molar-refractivity contribution in [3.8, 4) is 0 Å². The number of fused-ring (bicyclic) bond motifs is 1. The van der Waals surface area contributed by atoms with E-state index in [9.17, 15) is 18.7 Å². The first-order valence-electron chi connectivity index (χ1n) is 9.89. The van der Waals surface area contributed by atoms with Crippen LogP contribution < -0.4 is 4.90 Å². The average molecular weight is 421 g/mol. The van der Waals surface area contributed by atoms with Crippen molar-refractivity contribution in [3.63, 3.8) is 0 Å². The van der Waals surface area contributed by atoms with E-state index in [0.29, 0.717) is 49.6 Å². The molecule has 2 aliphatic rings. The SMILES string of the molecule is COC(=O)N1CCc2c(c(N(C)c3cc(C(F)F)c(C)cn3)nn2C2CC(O)C2)C1. The quantitative estimate of drug-likeness (QED) is 0.817. The predicted octanol–water partition coefficient (Wildman–Crippen LogP) is 3.11. The number of hydrogen-bond acceptors (Lipinski definition) is 6. The van der Waals surface area contributed by atoms with Gasteiger partial charge in [0.2, 0.25) is 0 Å². The summed E-state index contributed by atoms with van der Waals surface area (Å²) in [5, 5.41) is 14.5. The minimum Gasteiger partial charge on any atom is -0.453 e. The molecule has 3 heterocycles. The molecular weight excluding hydrogens is 396 g/mol. The Bertz CT molecular complexity index is 958. The summed E-state index contributed by atoms with van der Waals surface area (Å²) in [6.45, 7) is 2.41. The second-order valence-electron chi connectivity index (χ2n) is 7.87. The number of alkyl halides is 2. The van der Waals surface area contributed by atoms with Crippen LogP contribution in [0.1, 0.15) is 47.7 Å². The molecule has 1 aliphatic heterocycles. The van der Waals surface area contributed by atoms with E-state index in [4.69, 9.17) is 9.84 Å². The monoisotopic (exact) mass is 421 g/mol. The van der Waals surface area contributed by atoms with Crippen LogP contribution in [0.3, 0.4) is 0 Å². The fourth-order valence-corrected chi connectivity index (χ4v) is 4.10. The number of rotatable bonds is 4. The molecule has 8 nitrogen and oxygen atoms in total. The zero-order valence-corrected chi connectivity index (χ0v) is 17.2. The number of aliphatic hydroxyl groups is 1. The van der Waals surface area contributed by atoms with Gasteiger partial charge >= 0.3 is 6.09 Å².